The zero-order valence-electron chi connectivity index (χ0n) is 15.3. The average Bonchev–Trinajstić information content (AvgIpc) is 3.36. The van der Waals surface area contributed by atoms with Crippen LogP contribution in [0.4, 0.5) is 5.69 Å². The summed E-state index contributed by atoms with van der Waals surface area (Å²) in [7, 11) is 0. The van der Waals surface area contributed by atoms with Crippen molar-refractivity contribution in [3.05, 3.63) is 30.3 Å². The number of amides is 1. The lowest BCUT2D eigenvalue weighted by Gasteiger charge is -2.34. The maximum Gasteiger partial charge on any atom is 0.270 e. The second-order valence-corrected chi connectivity index (χ2v) is 7.59. The molecule has 26 heavy (non-hydrogen) atoms. The Balaban J connectivity index is 1.43. The average molecular weight is 354 g/mol. The van der Waals surface area contributed by atoms with Gasteiger partial charge < -0.3 is 4.90 Å². The Morgan fingerprint density at radius 3 is 2.38 bits per heavy atom. The third-order valence-electron chi connectivity index (χ3n) is 5.52. The summed E-state index contributed by atoms with van der Waals surface area (Å²) in [5.74, 6) is 0.905. The van der Waals surface area contributed by atoms with Crippen LogP contribution in [0.1, 0.15) is 26.2 Å². The molecule has 4 rings (SSSR count). The van der Waals surface area contributed by atoms with Crippen molar-refractivity contribution in [3.8, 4) is 0 Å². The molecule has 1 amide bonds. The summed E-state index contributed by atoms with van der Waals surface area (Å²) in [6.07, 6.45) is 3.11. The van der Waals surface area contributed by atoms with Gasteiger partial charge in [-0.2, -0.15) is 5.10 Å². The number of rotatable bonds is 5. The molecule has 2 fully saturated rings. The zero-order valence-corrected chi connectivity index (χ0v) is 15.3. The largest absolute Gasteiger partial charge is 0.335 e. The fourth-order valence-electron chi connectivity index (χ4n) is 3.76. The highest BCUT2D eigenvalue weighted by Crippen LogP contribution is 2.30. The van der Waals surface area contributed by atoms with E-state index in [-0.39, 0.29) is 17.7 Å². The van der Waals surface area contributed by atoms with E-state index in [9.17, 15) is 9.59 Å². The monoisotopic (exact) mass is 354 g/mol. The van der Waals surface area contributed by atoms with E-state index in [4.69, 9.17) is 0 Å². The minimum absolute atomic E-state index is 0.0132. The van der Waals surface area contributed by atoms with Crippen molar-refractivity contribution in [1.82, 2.24) is 9.80 Å². The van der Waals surface area contributed by atoms with Gasteiger partial charge in [-0.15, -0.1) is 0 Å². The topological polar surface area (TPSA) is 56.2 Å². The van der Waals surface area contributed by atoms with E-state index in [0.29, 0.717) is 12.1 Å². The van der Waals surface area contributed by atoms with Crippen LogP contribution in [0, 0.1) is 5.92 Å². The van der Waals surface area contributed by atoms with Gasteiger partial charge in [-0.3, -0.25) is 19.5 Å². The number of piperazine rings is 1. The number of para-hydroxylation sites is 1. The molecule has 1 unspecified atom stereocenters. The van der Waals surface area contributed by atoms with Crippen LogP contribution in [0.2, 0.25) is 0 Å². The first-order valence-corrected chi connectivity index (χ1v) is 9.55. The van der Waals surface area contributed by atoms with Crippen molar-refractivity contribution in [2.24, 2.45) is 11.0 Å². The Morgan fingerprint density at radius 1 is 1.08 bits per heavy atom. The number of ketones is 1. The number of carbonyl (C=O) groups is 2. The molecule has 1 aromatic carbocycles. The zero-order chi connectivity index (χ0) is 18.1. The van der Waals surface area contributed by atoms with E-state index in [1.807, 2.05) is 35.2 Å². The fourth-order valence-corrected chi connectivity index (χ4v) is 3.76. The maximum absolute atomic E-state index is 12.9. The maximum atomic E-state index is 12.9. The van der Waals surface area contributed by atoms with Crippen molar-refractivity contribution >= 4 is 23.1 Å². The Kier molecular flexibility index (Phi) is 4.76. The van der Waals surface area contributed by atoms with Crippen LogP contribution in [-0.4, -0.2) is 66.0 Å². The second kappa shape index (κ2) is 7.19. The van der Waals surface area contributed by atoms with Gasteiger partial charge in [0.05, 0.1) is 5.69 Å². The van der Waals surface area contributed by atoms with Gasteiger partial charge in [-0.05, 0) is 37.8 Å². The SMILES string of the molecule is CC(=O)C1CC(C(=O)N2CCN(CC3CC3)CC2)=NN1c1ccccc1. The fraction of sp³-hybridized carbons (Fsp3) is 0.550. The molecule has 1 saturated heterocycles. The van der Waals surface area contributed by atoms with Crippen molar-refractivity contribution in [2.45, 2.75) is 32.2 Å². The van der Waals surface area contributed by atoms with Crippen LogP contribution < -0.4 is 5.01 Å². The van der Waals surface area contributed by atoms with Gasteiger partial charge in [0.25, 0.3) is 5.91 Å². The number of hydrazone groups is 1. The van der Waals surface area contributed by atoms with Crippen LogP contribution in [0.3, 0.4) is 0 Å². The first-order valence-electron chi connectivity index (χ1n) is 9.55. The number of carbonyl (C=O) groups excluding carboxylic acids is 2. The smallest absolute Gasteiger partial charge is 0.270 e. The Labute approximate surface area is 154 Å². The van der Waals surface area contributed by atoms with Crippen molar-refractivity contribution in [3.63, 3.8) is 0 Å². The van der Waals surface area contributed by atoms with Gasteiger partial charge in [0.15, 0.2) is 5.78 Å². The van der Waals surface area contributed by atoms with Gasteiger partial charge in [-0.25, -0.2) is 0 Å². The van der Waals surface area contributed by atoms with E-state index >= 15 is 0 Å². The summed E-state index contributed by atoms with van der Waals surface area (Å²) in [4.78, 5) is 29.4. The molecule has 2 aliphatic heterocycles. The molecule has 0 aromatic heterocycles. The lowest BCUT2D eigenvalue weighted by atomic mass is 10.1. The second-order valence-electron chi connectivity index (χ2n) is 7.59. The quantitative estimate of drug-likeness (QED) is 0.809. The molecule has 138 valence electrons. The highest BCUT2D eigenvalue weighted by Gasteiger charge is 2.36. The van der Waals surface area contributed by atoms with Gasteiger partial charge in [0.2, 0.25) is 0 Å². The van der Waals surface area contributed by atoms with E-state index in [1.54, 1.807) is 11.9 Å². The lowest BCUT2D eigenvalue weighted by Crippen LogP contribution is -2.50. The molecule has 2 heterocycles. The lowest BCUT2D eigenvalue weighted by molar-refractivity contribution is -0.125. The van der Waals surface area contributed by atoms with E-state index in [0.717, 1.165) is 37.8 Å². The number of Topliss-reactive ketones (excluding diaryl/α,β-unsaturated/α-hetero) is 1. The number of nitrogens with zero attached hydrogens (tertiary/aromatic N) is 4. The number of hydrogen-bond donors (Lipinski definition) is 0. The van der Waals surface area contributed by atoms with Crippen LogP contribution in [0.15, 0.2) is 35.4 Å². The summed E-state index contributed by atoms with van der Waals surface area (Å²) in [5, 5.41) is 6.25. The van der Waals surface area contributed by atoms with Crippen LogP contribution in [-0.2, 0) is 9.59 Å². The summed E-state index contributed by atoms with van der Waals surface area (Å²) >= 11 is 0. The third kappa shape index (κ3) is 3.65. The summed E-state index contributed by atoms with van der Waals surface area (Å²) in [6.45, 7) is 6.13. The molecule has 6 heteroatoms. The number of benzene rings is 1. The van der Waals surface area contributed by atoms with E-state index in [2.05, 4.69) is 10.0 Å². The van der Waals surface area contributed by atoms with E-state index in [1.165, 1.54) is 19.4 Å². The Morgan fingerprint density at radius 2 is 1.77 bits per heavy atom. The highest BCUT2D eigenvalue weighted by atomic mass is 16.2. The standard InChI is InChI=1S/C20H26N4O2/c1-15(25)19-13-18(21-24(19)17-5-3-2-4-6-17)20(26)23-11-9-22(10-12-23)14-16-7-8-16/h2-6,16,19H,7-14H2,1H3. The van der Waals surface area contributed by atoms with E-state index < -0.39 is 0 Å². The predicted molar refractivity (Wildman–Crippen MR) is 101 cm³/mol. The van der Waals surface area contributed by atoms with Crippen molar-refractivity contribution in [1.29, 1.82) is 0 Å². The van der Waals surface area contributed by atoms with Crippen molar-refractivity contribution < 1.29 is 9.59 Å². The van der Waals surface area contributed by atoms with Crippen LogP contribution in [0.25, 0.3) is 0 Å². The molecule has 1 aromatic rings. The summed E-state index contributed by atoms with van der Waals surface area (Å²) < 4.78 is 0. The molecule has 0 spiro atoms. The molecule has 0 N–H and O–H groups in total. The first kappa shape index (κ1) is 17.2. The number of hydrogen-bond acceptors (Lipinski definition) is 5. The van der Waals surface area contributed by atoms with Gasteiger partial charge in [-0.1, -0.05) is 18.2 Å². The molecular formula is C20H26N4O2. The van der Waals surface area contributed by atoms with Gasteiger partial charge in [0.1, 0.15) is 11.8 Å². The van der Waals surface area contributed by atoms with Crippen molar-refractivity contribution in [2.75, 3.05) is 37.7 Å². The molecule has 6 nitrogen and oxygen atoms in total. The molecular weight excluding hydrogens is 328 g/mol. The molecule has 0 bridgehead atoms. The van der Waals surface area contributed by atoms with Crippen LogP contribution in [0.5, 0.6) is 0 Å². The first-order chi connectivity index (χ1) is 12.6. The predicted octanol–water partition coefficient (Wildman–Crippen LogP) is 1.76. The Hall–Kier alpha value is -2.21. The van der Waals surface area contributed by atoms with Crippen LogP contribution >= 0.6 is 0 Å². The van der Waals surface area contributed by atoms with Gasteiger partial charge >= 0.3 is 0 Å². The highest BCUT2D eigenvalue weighted by molar-refractivity contribution is 6.40. The van der Waals surface area contributed by atoms with Gasteiger partial charge in [0, 0.05) is 39.1 Å². The third-order valence-corrected chi connectivity index (χ3v) is 5.52. The normalized spacial score (nSPS) is 23.9. The summed E-state index contributed by atoms with van der Waals surface area (Å²) in [6, 6.07) is 9.22. The molecule has 1 atom stereocenters. The summed E-state index contributed by atoms with van der Waals surface area (Å²) in [5.41, 5.74) is 1.36. The molecule has 1 saturated carbocycles. The minimum atomic E-state index is -0.382. The molecule has 0 radical (unpaired) electrons. The minimum Gasteiger partial charge on any atom is -0.335 e. The molecule has 3 aliphatic rings. The molecule has 1 aliphatic carbocycles. The Bertz CT molecular complexity index is 706. The number of anilines is 1.